The zero-order valence-corrected chi connectivity index (χ0v) is 34.9. The highest BCUT2D eigenvalue weighted by molar-refractivity contribution is 7.75. The first kappa shape index (κ1) is 43.3. The van der Waals surface area contributed by atoms with Crippen molar-refractivity contribution in [1.29, 1.82) is 0 Å². The molecule has 2 N–H and O–H groups in total. The van der Waals surface area contributed by atoms with Crippen molar-refractivity contribution in [2.45, 2.75) is 186 Å². The maximum atomic E-state index is 4.21. The van der Waals surface area contributed by atoms with E-state index >= 15 is 0 Å². The summed E-state index contributed by atoms with van der Waals surface area (Å²) < 4.78 is 0. The van der Waals surface area contributed by atoms with Crippen LogP contribution >= 0.6 is 7.26 Å². The van der Waals surface area contributed by atoms with Gasteiger partial charge in [-0.1, -0.05) is 83.1 Å². The number of hydrogen-bond acceptors (Lipinski definition) is 4. The third-order valence-corrected chi connectivity index (χ3v) is 12.5. The Bertz CT molecular complexity index is 758. The van der Waals surface area contributed by atoms with Crippen LogP contribution in [0, 0.1) is 21.7 Å². The molecule has 0 rings (SSSR count). The van der Waals surface area contributed by atoms with E-state index in [1.165, 1.54) is 12.8 Å². The van der Waals surface area contributed by atoms with Crippen LogP contribution in [0.25, 0.3) is 0 Å². The van der Waals surface area contributed by atoms with Crippen molar-refractivity contribution in [3.8, 4) is 0 Å². The molecule has 0 aromatic rings. The summed E-state index contributed by atoms with van der Waals surface area (Å²) in [5.74, 6) is 0. The van der Waals surface area contributed by atoms with Gasteiger partial charge in [0.15, 0.2) is 0 Å². The van der Waals surface area contributed by atoms with Crippen molar-refractivity contribution < 1.29 is 0 Å². The Morgan fingerprint density at radius 2 is 0.628 bits per heavy atom. The van der Waals surface area contributed by atoms with Gasteiger partial charge >= 0.3 is 0 Å². The third kappa shape index (κ3) is 18.9. The van der Waals surface area contributed by atoms with Crippen LogP contribution < -0.4 is 10.6 Å². The molecule has 0 bridgehead atoms. The minimum Gasteiger partial charge on any atom is -0.280 e. The topological polar surface area (TPSA) is 30.5 Å². The van der Waals surface area contributed by atoms with Crippen molar-refractivity contribution in [3.05, 3.63) is 0 Å². The van der Waals surface area contributed by atoms with Crippen LogP contribution in [-0.4, -0.2) is 71.2 Å². The smallest absolute Gasteiger partial charge is 0.116 e. The highest BCUT2D eigenvalue weighted by Gasteiger charge is 2.47. The molecule has 0 atom stereocenters. The quantitative estimate of drug-likeness (QED) is 0.167. The molecule has 0 aromatic heterocycles. The lowest BCUT2D eigenvalue weighted by atomic mass is 9.81. The fourth-order valence-corrected chi connectivity index (χ4v) is 12.7. The second kappa shape index (κ2) is 14.6. The van der Waals surface area contributed by atoms with Crippen LogP contribution in [-0.2, 0) is 0 Å². The largest absolute Gasteiger partial charge is 0.280 e. The molecular formula is C38H84N4P+. The molecule has 0 aliphatic rings. The Hall–Kier alpha value is 0.270. The molecule has 0 amide bonds. The van der Waals surface area contributed by atoms with Crippen molar-refractivity contribution in [1.82, 2.24) is 20.4 Å². The fraction of sp³-hybridized carbons (Fsp3) is 1.00. The van der Waals surface area contributed by atoms with Gasteiger partial charge in [0.25, 0.3) is 0 Å². The van der Waals surface area contributed by atoms with Gasteiger partial charge in [-0.3, -0.25) is 20.4 Å². The molecule has 0 radical (unpaired) electrons. The van der Waals surface area contributed by atoms with Gasteiger partial charge in [-0.2, -0.15) is 0 Å². The predicted molar refractivity (Wildman–Crippen MR) is 201 cm³/mol. The van der Waals surface area contributed by atoms with Gasteiger partial charge in [-0.25, -0.2) is 0 Å². The van der Waals surface area contributed by atoms with Gasteiger partial charge in [0.1, 0.15) is 25.1 Å². The highest BCUT2D eigenvalue weighted by Crippen LogP contribution is 2.60. The number of nitrogens with one attached hydrogen (secondary N) is 2. The molecule has 0 fully saturated rings. The summed E-state index contributed by atoms with van der Waals surface area (Å²) in [6.07, 6.45) is 9.11. The van der Waals surface area contributed by atoms with E-state index in [4.69, 9.17) is 0 Å². The Labute approximate surface area is 274 Å². The first-order valence-electron chi connectivity index (χ1n) is 17.3. The zero-order chi connectivity index (χ0) is 34.7. The average molecular weight is 628 g/mol. The number of rotatable bonds is 16. The van der Waals surface area contributed by atoms with Crippen LogP contribution in [0.5, 0.6) is 0 Å². The zero-order valence-electron chi connectivity index (χ0n) is 34.0. The molecular weight excluding hydrogens is 543 g/mol. The molecule has 260 valence electrons. The van der Waals surface area contributed by atoms with Crippen LogP contribution in [0.1, 0.15) is 164 Å². The van der Waals surface area contributed by atoms with Crippen molar-refractivity contribution in [2.75, 3.05) is 39.2 Å². The molecule has 4 nitrogen and oxygen atoms in total. The predicted octanol–water partition coefficient (Wildman–Crippen LogP) is 10.7. The first-order chi connectivity index (χ1) is 18.5. The molecule has 0 saturated heterocycles. The fourth-order valence-electron chi connectivity index (χ4n) is 7.99. The highest BCUT2D eigenvalue weighted by atomic mass is 31.2. The maximum absolute atomic E-state index is 4.21. The lowest BCUT2D eigenvalue weighted by Crippen LogP contribution is -2.53. The molecule has 0 aromatic carbocycles. The van der Waals surface area contributed by atoms with Crippen LogP contribution in [0.3, 0.4) is 0 Å². The third-order valence-electron chi connectivity index (χ3n) is 8.75. The minimum atomic E-state index is -1.63. The summed E-state index contributed by atoms with van der Waals surface area (Å²) in [5, 5.41) is 8.41. The van der Waals surface area contributed by atoms with Crippen molar-refractivity contribution >= 4 is 7.26 Å². The van der Waals surface area contributed by atoms with E-state index < -0.39 is 7.26 Å². The second-order valence-electron chi connectivity index (χ2n) is 22.0. The Morgan fingerprint density at radius 3 is 0.837 bits per heavy atom. The standard InChI is InChI=1S/C38H84N4P/c1-31(2,3)23-35(13,14)39-27-43(28-40-36(15,16)24-32(4,5)6,29-41(21)37(17,18)25-33(7,8)9)30-42(22)38(19,20)26-34(10,11)12/h39-40H,23-30H2,1-22H3/q+1. The van der Waals surface area contributed by atoms with E-state index in [0.717, 1.165) is 38.0 Å². The van der Waals surface area contributed by atoms with Crippen molar-refractivity contribution in [2.24, 2.45) is 21.7 Å². The Balaban J connectivity index is 6.87. The van der Waals surface area contributed by atoms with E-state index in [2.05, 4.69) is 173 Å². The summed E-state index contributed by atoms with van der Waals surface area (Å²) in [6.45, 7) is 48.1. The SMILES string of the molecule is CN(C[P+](CNC(C)(C)CC(C)(C)C)(CNC(C)(C)CC(C)(C)C)CN(C)C(C)(C)CC(C)(C)C)C(C)(C)CC(C)(C)C. The summed E-state index contributed by atoms with van der Waals surface area (Å²) >= 11 is 0. The van der Waals surface area contributed by atoms with E-state index in [0.29, 0.717) is 0 Å². The first-order valence-corrected chi connectivity index (χ1v) is 19.8. The lowest BCUT2D eigenvalue weighted by molar-refractivity contribution is 0.113. The molecule has 0 unspecified atom stereocenters. The van der Waals surface area contributed by atoms with Gasteiger partial charge in [0.2, 0.25) is 0 Å². The maximum Gasteiger partial charge on any atom is 0.116 e. The van der Waals surface area contributed by atoms with E-state index in [1.54, 1.807) is 0 Å². The van der Waals surface area contributed by atoms with Gasteiger partial charge in [0.05, 0.1) is 7.26 Å². The Kier molecular flexibility index (Phi) is 14.7. The molecule has 0 spiro atoms. The molecule has 0 aliphatic carbocycles. The minimum absolute atomic E-state index is 0.0728. The normalized spacial score (nSPS) is 15.6. The summed E-state index contributed by atoms with van der Waals surface area (Å²) in [6, 6.07) is 0. The van der Waals surface area contributed by atoms with Gasteiger partial charge in [-0.05, 0) is 117 Å². The van der Waals surface area contributed by atoms with E-state index in [-0.39, 0.29) is 43.8 Å². The van der Waals surface area contributed by atoms with Gasteiger partial charge in [0, 0.05) is 22.2 Å². The number of hydrogen-bond donors (Lipinski definition) is 2. The van der Waals surface area contributed by atoms with E-state index in [1.807, 2.05) is 0 Å². The van der Waals surface area contributed by atoms with Crippen molar-refractivity contribution in [3.63, 3.8) is 0 Å². The van der Waals surface area contributed by atoms with Crippen LogP contribution in [0.15, 0.2) is 0 Å². The van der Waals surface area contributed by atoms with Crippen LogP contribution in [0.4, 0.5) is 0 Å². The number of nitrogens with zero attached hydrogens (tertiary/aromatic N) is 2. The van der Waals surface area contributed by atoms with Gasteiger partial charge in [-0.15, -0.1) is 0 Å². The molecule has 43 heavy (non-hydrogen) atoms. The summed E-state index contributed by atoms with van der Waals surface area (Å²) in [7, 11) is 3.18. The molecule has 0 heterocycles. The van der Waals surface area contributed by atoms with Gasteiger partial charge < -0.3 is 0 Å². The lowest BCUT2D eigenvalue weighted by Gasteiger charge is -2.47. The monoisotopic (exact) mass is 628 g/mol. The second-order valence-corrected chi connectivity index (χ2v) is 25.9. The molecule has 0 aliphatic heterocycles. The molecule has 5 heteroatoms. The Morgan fingerprint density at radius 1 is 0.395 bits per heavy atom. The van der Waals surface area contributed by atoms with Crippen LogP contribution in [0.2, 0.25) is 0 Å². The molecule has 0 saturated carbocycles. The average Bonchev–Trinajstić information content (AvgIpc) is 2.63. The summed E-state index contributed by atoms with van der Waals surface area (Å²) in [5.41, 5.74) is 1.50. The summed E-state index contributed by atoms with van der Waals surface area (Å²) in [4.78, 5) is 5.46. The van der Waals surface area contributed by atoms with E-state index in [9.17, 15) is 0 Å².